The fourth-order valence-electron chi connectivity index (χ4n) is 4.52. The fourth-order valence-corrected chi connectivity index (χ4v) is 4.52. The van der Waals surface area contributed by atoms with Gasteiger partial charge < -0.3 is 34.3 Å². The first-order valence-electron chi connectivity index (χ1n) is 14.4. The third-order valence-electron chi connectivity index (χ3n) is 6.66. The summed E-state index contributed by atoms with van der Waals surface area (Å²) in [4.78, 5) is 37.2. The number of allylic oxidation sites excluding steroid dienone is 1. The van der Waals surface area contributed by atoms with E-state index in [4.69, 9.17) is 23.7 Å². The van der Waals surface area contributed by atoms with Crippen molar-refractivity contribution < 1.29 is 42.5 Å². The number of carbonyl (C=O) groups excluding carboxylic acids is 3. The molecule has 1 heterocycles. The molecule has 0 bridgehead atoms. The monoisotopic (exact) mass is 634 g/mol. The number of carbonyl (C=O) groups is 3. The molecule has 0 radical (unpaired) electrons. The van der Waals surface area contributed by atoms with Gasteiger partial charge in [-0.05, 0) is 68.3 Å². The Morgan fingerprint density at radius 3 is 2.46 bits per heavy atom. The largest absolute Gasteiger partial charge is 0.493 e. The van der Waals surface area contributed by atoms with E-state index in [0.717, 1.165) is 0 Å². The summed E-state index contributed by atoms with van der Waals surface area (Å²) in [6.45, 7) is 5.34. The van der Waals surface area contributed by atoms with Gasteiger partial charge in [-0.2, -0.15) is 5.10 Å². The van der Waals surface area contributed by atoms with Gasteiger partial charge in [0.1, 0.15) is 12.4 Å². The molecule has 1 atom stereocenters. The number of methoxy groups -OCH3 is 1. The Labute approximate surface area is 265 Å². The zero-order valence-electron chi connectivity index (χ0n) is 25.8. The molecule has 3 aromatic carbocycles. The number of nitrogens with zero attached hydrogens (tertiary/aromatic N) is 1. The van der Waals surface area contributed by atoms with Gasteiger partial charge >= 0.3 is 12.0 Å². The third-order valence-corrected chi connectivity index (χ3v) is 6.66. The van der Waals surface area contributed by atoms with Crippen molar-refractivity contribution in [3.63, 3.8) is 0 Å². The van der Waals surface area contributed by atoms with Crippen LogP contribution in [0.3, 0.4) is 0 Å². The smallest absolute Gasteiger partial charge is 0.338 e. The molecule has 3 amide bonds. The summed E-state index contributed by atoms with van der Waals surface area (Å²) in [5.41, 5.74) is 4.62. The van der Waals surface area contributed by atoms with Crippen LogP contribution in [0.5, 0.6) is 23.0 Å². The van der Waals surface area contributed by atoms with Gasteiger partial charge in [-0.25, -0.2) is 19.4 Å². The topological polar surface area (TPSA) is 146 Å². The molecule has 12 nitrogen and oxygen atoms in total. The molecular weight excluding hydrogens is 599 g/mol. The summed E-state index contributed by atoms with van der Waals surface area (Å²) in [7, 11) is 1.43. The van der Waals surface area contributed by atoms with Gasteiger partial charge in [-0.1, -0.05) is 24.3 Å². The lowest BCUT2D eigenvalue weighted by atomic mass is 9.95. The highest BCUT2D eigenvalue weighted by Crippen LogP contribution is 2.35. The van der Waals surface area contributed by atoms with Crippen LogP contribution in [0, 0.1) is 5.82 Å². The van der Waals surface area contributed by atoms with E-state index in [9.17, 15) is 18.8 Å². The zero-order valence-corrected chi connectivity index (χ0v) is 25.8. The maximum Gasteiger partial charge on any atom is 0.338 e. The maximum atomic E-state index is 14.0. The van der Waals surface area contributed by atoms with Crippen molar-refractivity contribution in [2.45, 2.75) is 33.4 Å². The van der Waals surface area contributed by atoms with Gasteiger partial charge in [-0.15, -0.1) is 0 Å². The van der Waals surface area contributed by atoms with E-state index in [0.29, 0.717) is 40.5 Å². The molecule has 13 heteroatoms. The van der Waals surface area contributed by atoms with E-state index < -0.39 is 23.9 Å². The number of esters is 1. The molecule has 0 fully saturated rings. The lowest BCUT2D eigenvalue weighted by Gasteiger charge is -2.28. The van der Waals surface area contributed by atoms with Gasteiger partial charge in [0.2, 0.25) is 0 Å². The van der Waals surface area contributed by atoms with Crippen molar-refractivity contribution in [3.05, 3.63) is 94.4 Å². The maximum absolute atomic E-state index is 14.0. The standard InChI is InChI=1S/C33H35FN4O8/c1-5-43-28-15-21(11-13-26(28)45-18-23-9-7-8-10-24(23)34)17-35-38-29(39)19-46-25-14-12-22(16-27(25)42-4)31-30(32(40)44-6-2)20(3)36-33(41)37-31/h7-17,31H,5-6,18-19H2,1-4H3,(H,38,39)(H2,36,37,41)/b35-17-/t31-/m1/s1. The molecule has 46 heavy (non-hydrogen) atoms. The predicted molar refractivity (Wildman–Crippen MR) is 166 cm³/mol. The van der Waals surface area contributed by atoms with Crippen LogP contribution < -0.4 is 35.0 Å². The molecule has 4 rings (SSSR count). The summed E-state index contributed by atoms with van der Waals surface area (Å²) >= 11 is 0. The first-order chi connectivity index (χ1) is 22.2. The Morgan fingerprint density at radius 2 is 1.72 bits per heavy atom. The van der Waals surface area contributed by atoms with E-state index >= 15 is 0 Å². The van der Waals surface area contributed by atoms with Crippen LogP contribution in [0.25, 0.3) is 0 Å². The summed E-state index contributed by atoms with van der Waals surface area (Å²) in [5, 5.41) is 9.30. The Morgan fingerprint density at radius 1 is 0.957 bits per heavy atom. The molecule has 0 saturated heterocycles. The summed E-state index contributed by atoms with van der Waals surface area (Å²) < 4.78 is 41.7. The van der Waals surface area contributed by atoms with Crippen LogP contribution in [0.4, 0.5) is 9.18 Å². The molecule has 1 aliphatic heterocycles. The lowest BCUT2D eigenvalue weighted by Crippen LogP contribution is -2.45. The molecule has 1 aliphatic rings. The number of hydrogen-bond acceptors (Lipinski definition) is 9. The van der Waals surface area contributed by atoms with E-state index in [1.807, 2.05) is 6.92 Å². The molecular formula is C33H35FN4O8. The average Bonchev–Trinajstić information content (AvgIpc) is 3.04. The number of nitrogens with one attached hydrogen (secondary N) is 3. The molecule has 0 saturated carbocycles. The molecule has 0 aliphatic carbocycles. The number of hydrogen-bond donors (Lipinski definition) is 3. The second-order valence-corrected chi connectivity index (χ2v) is 9.80. The number of halogens is 1. The summed E-state index contributed by atoms with van der Waals surface area (Å²) in [5.74, 6) is -0.0380. The zero-order chi connectivity index (χ0) is 33.1. The van der Waals surface area contributed by atoms with Gasteiger partial charge in [0.15, 0.2) is 29.6 Å². The fraction of sp³-hybridized carbons (Fsp3) is 0.273. The second kappa shape index (κ2) is 15.9. The van der Waals surface area contributed by atoms with E-state index in [-0.39, 0.29) is 42.7 Å². The average molecular weight is 635 g/mol. The number of ether oxygens (including phenoxy) is 5. The first kappa shape index (κ1) is 33.3. The van der Waals surface area contributed by atoms with E-state index in [1.165, 1.54) is 19.4 Å². The SMILES string of the molecule is CCOC(=O)C1=C(C)NC(=O)N[C@@H]1c1ccc(OCC(=O)N/N=C\c2ccc(OCc3ccccc3F)c(OCC)c2)c(OC)c1. The molecule has 242 valence electrons. The van der Waals surface area contributed by atoms with Crippen molar-refractivity contribution in [1.29, 1.82) is 0 Å². The predicted octanol–water partition coefficient (Wildman–Crippen LogP) is 4.53. The normalized spacial score (nSPS) is 14.3. The Kier molecular flexibility index (Phi) is 11.5. The van der Waals surface area contributed by atoms with Crippen molar-refractivity contribution in [2.75, 3.05) is 26.9 Å². The van der Waals surface area contributed by atoms with Crippen LogP contribution in [-0.4, -0.2) is 51.1 Å². The number of hydrazone groups is 1. The highest BCUT2D eigenvalue weighted by atomic mass is 19.1. The van der Waals surface area contributed by atoms with E-state index in [2.05, 4.69) is 21.2 Å². The van der Waals surface area contributed by atoms with Crippen molar-refractivity contribution in [3.8, 4) is 23.0 Å². The van der Waals surface area contributed by atoms with E-state index in [1.54, 1.807) is 68.4 Å². The van der Waals surface area contributed by atoms with Gasteiger partial charge in [0.25, 0.3) is 5.91 Å². The number of urea groups is 1. The van der Waals surface area contributed by atoms with Crippen molar-refractivity contribution in [2.24, 2.45) is 5.10 Å². The number of rotatable bonds is 14. The van der Waals surface area contributed by atoms with Crippen LogP contribution in [-0.2, 0) is 20.9 Å². The number of benzene rings is 3. The van der Waals surface area contributed by atoms with Crippen molar-refractivity contribution in [1.82, 2.24) is 16.1 Å². The molecule has 0 unspecified atom stereocenters. The highest BCUT2D eigenvalue weighted by Gasteiger charge is 2.32. The van der Waals surface area contributed by atoms with Crippen LogP contribution in [0.15, 0.2) is 77.0 Å². The first-order valence-corrected chi connectivity index (χ1v) is 14.4. The van der Waals surface area contributed by atoms with Crippen LogP contribution in [0.2, 0.25) is 0 Å². The van der Waals surface area contributed by atoms with Gasteiger partial charge in [0, 0.05) is 11.3 Å². The minimum Gasteiger partial charge on any atom is -0.493 e. The third kappa shape index (κ3) is 8.52. The summed E-state index contributed by atoms with van der Waals surface area (Å²) in [6.07, 6.45) is 1.43. The minimum absolute atomic E-state index is 0.0315. The number of amides is 3. The van der Waals surface area contributed by atoms with Gasteiger partial charge in [-0.3, -0.25) is 4.79 Å². The molecule has 0 aromatic heterocycles. The highest BCUT2D eigenvalue weighted by molar-refractivity contribution is 5.95. The van der Waals surface area contributed by atoms with Crippen LogP contribution in [0.1, 0.15) is 43.5 Å². The van der Waals surface area contributed by atoms with Crippen molar-refractivity contribution >= 4 is 24.1 Å². The lowest BCUT2D eigenvalue weighted by molar-refractivity contribution is -0.139. The quantitative estimate of drug-likeness (QED) is 0.133. The molecule has 3 N–H and O–H groups in total. The molecule has 0 spiro atoms. The molecule has 3 aromatic rings. The Balaban J connectivity index is 1.36. The Bertz CT molecular complexity index is 1640. The summed E-state index contributed by atoms with van der Waals surface area (Å²) in [6, 6.07) is 15.0. The minimum atomic E-state index is -0.788. The van der Waals surface area contributed by atoms with Gasteiger partial charge in [0.05, 0.1) is 38.2 Å². The van der Waals surface area contributed by atoms with Crippen LogP contribution >= 0.6 is 0 Å². The second-order valence-electron chi connectivity index (χ2n) is 9.80. The Hall–Kier alpha value is -5.59.